The molecule has 4 nitrogen and oxygen atoms in total. The maximum atomic E-state index is 11.2. The van der Waals surface area contributed by atoms with Crippen LogP contribution in [-0.2, 0) is 14.3 Å². The highest BCUT2D eigenvalue weighted by molar-refractivity contribution is 5.77. The first-order chi connectivity index (χ1) is 7.66. The van der Waals surface area contributed by atoms with Crippen LogP contribution in [0.2, 0.25) is 0 Å². The molecule has 0 atom stereocenters. The van der Waals surface area contributed by atoms with E-state index in [2.05, 4.69) is 5.32 Å². The zero-order valence-electron chi connectivity index (χ0n) is 10.4. The molecular formula is C12H23NO3. The Morgan fingerprint density at radius 2 is 1.94 bits per heavy atom. The zero-order chi connectivity index (χ0) is 12.2. The largest absolute Gasteiger partial charge is 0.372 e. The second kappa shape index (κ2) is 10.6. The third-order valence-corrected chi connectivity index (χ3v) is 2.11. The van der Waals surface area contributed by atoms with Crippen molar-refractivity contribution < 1.29 is 14.3 Å². The van der Waals surface area contributed by atoms with Crippen molar-refractivity contribution in [1.29, 1.82) is 0 Å². The summed E-state index contributed by atoms with van der Waals surface area (Å²) in [6.07, 6.45) is 4.39. The van der Waals surface area contributed by atoms with Crippen LogP contribution >= 0.6 is 0 Å². The number of amides is 1. The van der Waals surface area contributed by atoms with Crippen molar-refractivity contribution in [2.24, 2.45) is 0 Å². The van der Waals surface area contributed by atoms with Crippen LogP contribution in [0.4, 0.5) is 0 Å². The van der Waals surface area contributed by atoms with E-state index in [1.807, 2.05) is 6.92 Å². The Hall–Kier alpha value is -0.900. The molecule has 0 aromatic rings. The Morgan fingerprint density at radius 3 is 2.56 bits per heavy atom. The van der Waals surface area contributed by atoms with E-state index in [1.54, 1.807) is 6.92 Å². The zero-order valence-corrected chi connectivity index (χ0v) is 10.4. The fourth-order valence-corrected chi connectivity index (χ4v) is 1.26. The minimum Gasteiger partial charge on any atom is -0.372 e. The summed E-state index contributed by atoms with van der Waals surface area (Å²) in [4.78, 5) is 21.8. The number of carbonyl (C=O) groups is 2. The maximum Gasteiger partial charge on any atom is 0.245 e. The highest BCUT2D eigenvalue weighted by Gasteiger charge is 1.99. The molecule has 0 aliphatic carbocycles. The molecule has 1 N–H and O–H groups in total. The van der Waals surface area contributed by atoms with Crippen LogP contribution in [0, 0.1) is 0 Å². The number of hydrogen-bond acceptors (Lipinski definition) is 3. The lowest BCUT2D eigenvalue weighted by Crippen LogP contribution is -2.28. The maximum absolute atomic E-state index is 11.2. The van der Waals surface area contributed by atoms with E-state index in [1.165, 1.54) is 0 Å². The van der Waals surface area contributed by atoms with Crippen molar-refractivity contribution in [2.45, 2.75) is 46.0 Å². The van der Waals surface area contributed by atoms with Gasteiger partial charge in [0.05, 0.1) is 0 Å². The van der Waals surface area contributed by atoms with Crippen molar-refractivity contribution in [1.82, 2.24) is 5.32 Å². The van der Waals surface area contributed by atoms with Crippen molar-refractivity contribution in [2.75, 3.05) is 19.8 Å². The lowest BCUT2D eigenvalue weighted by Gasteiger charge is -2.05. The third-order valence-electron chi connectivity index (χ3n) is 2.11. The topological polar surface area (TPSA) is 55.4 Å². The van der Waals surface area contributed by atoms with Gasteiger partial charge in [0.1, 0.15) is 12.4 Å². The third kappa shape index (κ3) is 11.2. The van der Waals surface area contributed by atoms with Crippen molar-refractivity contribution in [3.8, 4) is 0 Å². The Bertz CT molecular complexity index is 204. The van der Waals surface area contributed by atoms with Gasteiger partial charge in [0.15, 0.2) is 0 Å². The number of Topliss-reactive ketones (excluding diaryl/α,β-unsaturated/α-hetero) is 1. The molecule has 0 saturated carbocycles. The standard InChI is InChI=1S/C12H23NO3/c1-3-9-16-10-12(15)13-8-6-4-5-7-11(2)14/h3-10H2,1-2H3,(H,13,15). The van der Waals surface area contributed by atoms with Gasteiger partial charge in [0, 0.05) is 19.6 Å². The molecule has 1 amide bonds. The van der Waals surface area contributed by atoms with Gasteiger partial charge >= 0.3 is 0 Å². The molecule has 0 heterocycles. The lowest BCUT2D eigenvalue weighted by atomic mass is 10.1. The molecule has 0 aliphatic rings. The summed E-state index contributed by atoms with van der Waals surface area (Å²) in [6, 6.07) is 0. The predicted octanol–water partition coefficient (Wildman–Crippen LogP) is 1.68. The van der Waals surface area contributed by atoms with Gasteiger partial charge < -0.3 is 14.8 Å². The first kappa shape index (κ1) is 15.1. The second-order valence-corrected chi connectivity index (χ2v) is 3.92. The second-order valence-electron chi connectivity index (χ2n) is 3.92. The number of hydrogen-bond donors (Lipinski definition) is 1. The Kier molecular flexibility index (Phi) is 10.0. The minimum absolute atomic E-state index is 0.0555. The van der Waals surface area contributed by atoms with Crippen molar-refractivity contribution >= 4 is 11.7 Å². The minimum atomic E-state index is -0.0555. The summed E-state index contributed by atoms with van der Waals surface area (Å²) in [5.41, 5.74) is 0. The van der Waals surface area contributed by atoms with E-state index < -0.39 is 0 Å². The molecule has 0 fully saturated rings. The summed E-state index contributed by atoms with van der Waals surface area (Å²) < 4.78 is 5.10. The highest BCUT2D eigenvalue weighted by atomic mass is 16.5. The smallest absolute Gasteiger partial charge is 0.245 e. The molecule has 0 rings (SSSR count). The first-order valence-electron chi connectivity index (χ1n) is 6.00. The number of carbonyl (C=O) groups excluding carboxylic acids is 2. The Balaban J connectivity index is 3.18. The molecule has 0 aromatic heterocycles. The van der Waals surface area contributed by atoms with Gasteiger partial charge in [-0.3, -0.25) is 4.79 Å². The van der Waals surface area contributed by atoms with Crippen LogP contribution in [0.5, 0.6) is 0 Å². The molecule has 0 aromatic carbocycles. The van der Waals surface area contributed by atoms with Gasteiger partial charge in [-0.1, -0.05) is 13.3 Å². The molecule has 0 spiro atoms. The van der Waals surface area contributed by atoms with E-state index in [0.29, 0.717) is 19.6 Å². The van der Waals surface area contributed by atoms with Crippen molar-refractivity contribution in [3.63, 3.8) is 0 Å². The summed E-state index contributed by atoms with van der Waals surface area (Å²) in [5.74, 6) is 0.178. The van der Waals surface area contributed by atoms with Gasteiger partial charge in [0.25, 0.3) is 0 Å². The van der Waals surface area contributed by atoms with Gasteiger partial charge in [-0.15, -0.1) is 0 Å². The van der Waals surface area contributed by atoms with Crippen molar-refractivity contribution in [3.05, 3.63) is 0 Å². The molecule has 0 unspecified atom stereocenters. The van der Waals surface area contributed by atoms with Gasteiger partial charge in [-0.25, -0.2) is 0 Å². The van der Waals surface area contributed by atoms with E-state index in [9.17, 15) is 9.59 Å². The molecule has 0 aliphatic heterocycles. The van der Waals surface area contributed by atoms with E-state index >= 15 is 0 Å². The monoisotopic (exact) mass is 229 g/mol. The average molecular weight is 229 g/mol. The van der Waals surface area contributed by atoms with Crippen LogP contribution in [0.3, 0.4) is 0 Å². The van der Waals surface area contributed by atoms with E-state index in [0.717, 1.165) is 25.7 Å². The molecule has 0 saturated heterocycles. The molecule has 0 bridgehead atoms. The summed E-state index contributed by atoms with van der Waals surface area (Å²) in [7, 11) is 0. The normalized spacial score (nSPS) is 10.1. The fourth-order valence-electron chi connectivity index (χ4n) is 1.26. The Labute approximate surface area is 97.7 Å². The van der Waals surface area contributed by atoms with Gasteiger partial charge in [0.2, 0.25) is 5.91 Å². The number of unbranched alkanes of at least 4 members (excludes halogenated alkanes) is 2. The van der Waals surface area contributed by atoms with Gasteiger partial charge in [-0.05, 0) is 26.2 Å². The first-order valence-corrected chi connectivity index (χ1v) is 6.00. The number of ketones is 1. The van der Waals surface area contributed by atoms with Crippen LogP contribution in [0.1, 0.15) is 46.0 Å². The predicted molar refractivity (Wildman–Crippen MR) is 63.3 cm³/mol. The quantitative estimate of drug-likeness (QED) is 0.580. The van der Waals surface area contributed by atoms with Crippen LogP contribution in [0.15, 0.2) is 0 Å². The summed E-state index contributed by atoms with van der Waals surface area (Å²) in [5, 5.41) is 2.78. The number of nitrogens with one attached hydrogen (secondary N) is 1. The molecule has 4 heteroatoms. The molecular weight excluding hydrogens is 206 g/mol. The SMILES string of the molecule is CCCOCC(=O)NCCCCCC(C)=O. The Morgan fingerprint density at radius 1 is 1.19 bits per heavy atom. The van der Waals surface area contributed by atoms with Crippen LogP contribution in [-0.4, -0.2) is 31.4 Å². The summed E-state index contributed by atoms with van der Waals surface area (Å²) in [6.45, 7) is 5.07. The number of rotatable bonds is 10. The fraction of sp³-hybridized carbons (Fsp3) is 0.833. The van der Waals surface area contributed by atoms with E-state index in [4.69, 9.17) is 4.74 Å². The molecule has 16 heavy (non-hydrogen) atoms. The average Bonchev–Trinajstić information content (AvgIpc) is 2.23. The van der Waals surface area contributed by atoms with E-state index in [-0.39, 0.29) is 18.3 Å². The lowest BCUT2D eigenvalue weighted by molar-refractivity contribution is -0.125. The van der Waals surface area contributed by atoms with Crippen LogP contribution in [0.25, 0.3) is 0 Å². The molecule has 0 radical (unpaired) electrons. The van der Waals surface area contributed by atoms with Crippen LogP contribution < -0.4 is 5.32 Å². The van der Waals surface area contributed by atoms with Gasteiger partial charge in [-0.2, -0.15) is 0 Å². The highest BCUT2D eigenvalue weighted by Crippen LogP contribution is 1.99. The molecule has 94 valence electrons. The number of ether oxygens (including phenoxy) is 1. The summed E-state index contributed by atoms with van der Waals surface area (Å²) >= 11 is 0.